The number of nitrogens with zero attached hydrogens (tertiary/aromatic N) is 3. The van der Waals surface area contributed by atoms with Crippen LogP contribution in [0.15, 0.2) is 16.7 Å². The van der Waals surface area contributed by atoms with Gasteiger partial charge in [-0.2, -0.15) is 0 Å². The molecule has 0 radical (unpaired) electrons. The number of hydrogen-bond acceptors (Lipinski definition) is 3. The monoisotopic (exact) mass is 295 g/mol. The van der Waals surface area contributed by atoms with Crippen molar-refractivity contribution in [1.82, 2.24) is 9.88 Å². The van der Waals surface area contributed by atoms with Gasteiger partial charge in [-0.25, -0.2) is 4.98 Å². The summed E-state index contributed by atoms with van der Waals surface area (Å²) in [7, 11) is 0. The maximum atomic E-state index is 4.58. The van der Waals surface area contributed by atoms with Crippen molar-refractivity contribution in [2.24, 2.45) is 0 Å². The first-order valence-corrected chi connectivity index (χ1v) is 7.14. The second kappa shape index (κ2) is 4.58. The van der Waals surface area contributed by atoms with E-state index in [9.17, 15) is 0 Å². The number of hydrogen-bond donors (Lipinski definition) is 0. The normalized spacial score (nSPS) is 25.1. The lowest BCUT2D eigenvalue weighted by Crippen LogP contribution is -2.50. The molecule has 1 aromatic heterocycles. The topological polar surface area (TPSA) is 19.4 Å². The molecule has 4 heteroatoms. The fourth-order valence-electron chi connectivity index (χ4n) is 2.94. The molecule has 3 rings (SSSR count). The van der Waals surface area contributed by atoms with Gasteiger partial charge in [-0.15, -0.1) is 0 Å². The second-order valence-electron chi connectivity index (χ2n) is 5.10. The van der Waals surface area contributed by atoms with E-state index in [2.05, 4.69) is 43.7 Å². The molecular formula is C13H18BrN3. The van der Waals surface area contributed by atoms with Gasteiger partial charge in [-0.05, 0) is 53.9 Å². The molecule has 0 N–H and O–H groups in total. The maximum absolute atomic E-state index is 4.58. The van der Waals surface area contributed by atoms with E-state index in [1.165, 1.54) is 31.5 Å². The summed E-state index contributed by atoms with van der Waals surface area (Å²) in [4.78, 5) is 9.63. The quantitative estimate of drug-likeness (QED) is 0.793. The number of halogens is 1. The van der Waals surface area contributed by atoms with Crippen molar-refractivity contribution in [3.05, 3.63) is 22.3 Å². The predicted octanol–water partition coefficient (Wildman–Crippen LogP) is 2.44. The molecule has 17 heavy (non-hydrogen) atoms. The summed E-state index contributed by atoms with van der Waals surface area (Å²) in [6.45, 7) is 6.80. The van der Waals surface area contributed by atoms with Crippen LogP contribution in [0.1, 0.15) is 18.4 Å². The average Bonchev–Trinajstić information content (AvgIpc) is 2.75. The van der Waals surface area contributed by atoms with Gasteiger partial charge in [0.2, 0.25) is 0 Å². The number of piperazine rings is 1. The molecule has 1 atom stereocenters. The lowest BCUT2D eigenvalue weighted by atomic mass is 10.1. The molecule has 1 aromatic rings. The number of aromatic nitrogens is 1. The molecular weight excluding hydrogens is 278 g/mol. The first kappa shape index (κ1) is 11.5. The Morgan fingerprint density at radius 2 is 2.24 bits per heavy atom. The molecule has 0 bridgehead atoms. The van der Waals surface area contributed by atoms with Crippen LogP contribution in [0.2, 0.25) is 0 Å². The zero-order valence-corrected chi connectivity index (χ0v) is 11.8. The highest BCUT2D eigenvalue weighted by Gasteiger charge is 2.31. The number of pyridine rings is 1. The molecule has 2 fully saturated rings. The zero-order chi connectivity index (χ0) is 11.8. The van der Waals surface area contributed by atoms with E-state index in [0.29, 0.717) is 0 Å². The van der Waals surface area contributed by atoms with Crippen molar-refractivity contribution in [2.45, 2.75) is 25.8 Å². The minimum Gasteiger partial charge on any atom is -0.353 e. The van der Waals surface area contributed by atoms with Crippen molar-refractivity contribution >= 4 is 21.7 Å². The highest BCUT2D eigenvalue weighted by atomic mass is 79.9. The van der Waals surface area contributed by atoms with Crippen molar-refractivity contribution in [3.63, 3.8) is 0 Å². The molecule has 0 spiro atoms. The number of fused-ring (bicyclic) bond motifs is 1. The molecule has 0 aliphatic carbocycles. The minimum atomic E-state index is 0.749. The summed E-state index contributed by atoms with van der Waals surface area (Å²) in [5.41, 5.74) is 1.21. The summed E-state index contributed by atoms with van der Waals surface area (Å²) in [6.07, 6.45) is 4.67. The Morgan fingerprint density at radius 1 is 1.35 bits per heavy atom. The first-order chi connectivity index (χ1) is 8.24. The highest BCUT2D eigenvalue weighted by Crippen LogP contribution is 2.29. The van der Waals surface area contributed by atoms with Gasteiger partial charge in [0.15, 0.2) is 0 Å². The SMILES string of the molecule is Cc1cnc(N2CCN3CCCC3C2)c(Br)c1. The molecule has 2 saturated heterocycles. The number of anilines is 1. The van der Waals surface area contributed by atoms with E-state index >= 15 is 0 Å². The van der Waals surface area contributed by atoms with E-state index in [1.54, 1.807) is 0 Å². The third kappa shape index (κ3) is 2.20. The summed E-state index contributed by atoms with van der Waals surface area (Å²) < 4.78 is 1.13. The summed E-state index contributed by atoms with van der Waals surface area (Å²) >= 11 is 3.64. The van der Waals surface area contributed by atoms with E-state index < -0.39 is 0 Å². The summed E-state index contributed by atoms with van der Waals surface area (Å²) in [6, 6.07) is 2.90. The van der Waals surface area contributed by atoms with Gasteiger partial charge in [0.1, 0.15) is 5.82 Å². The fourth-order valence-corrected chi connectivity index (χ4v) is 3.66. The predicted molar refractivity (Wildman–Crippen MR) is 73.5 cm³/mol. The van der Waals surface area contributed by atoms with Crippen molar-refractivity contribution in [2.75, 3.05) is 31.1 Å². The molecule has 92 valence electrons. The molecule has 0 amide bonds. The van der Waals surface area contributed by atoms with Crippen LogP contribution in [0, 0.1) is 6.92 Å². The third-order valence-corrected chi connectivity index (χ3v) is 4.43. The van der Waals surface area contributed by atoms with Crippen molar-refractivity contribution in [1.29, 1.82) is 0 Å². The van der Waals surface area contributed by atoms with Crippen molar-refractivity contribution < 1.29 is 0 Å². The van der Waals surface area contributed by atoms with E-state index in [1.807, 2.05) is 6.20 Å². The Balaban J connectivity index is 1.80. The molecule has 0 aromatic carbocycles. The Kier molecular flexibility index (Phi) is 3.09. The van der Waals surface area contributed by atoms with Gasteiger partial charge in [0, 0.05) is 31.9 Å². The van der Waals surface area contributed by atoms with Crippen LogP contribution in [-0.2, 0) is 0 Å². The standard InChI is InChI=1S/C13H18BrN3/c1-10-7-12(14)13(15-8-10)17-6-5-16-4-2-3-11(16)9-17/h7-8,11H,2-6,9H2,1H3. The molecule has 3 nitrogen and oxygen atoms in total. The molecule has 3 heterocycles. The van der Waals surface area contributed by atoms with Gasteiger partial charge in [-0.1, -0.05) is 0 Å². The van der Waals surface area contributed by atoms with E-state index in [0.717, 1.165) is 29.4 Å². The molecule has 2 aliphatic heterocycles. The first-order valence-electron chi connectivity index (χ1n) is 6.35. The van der Waals surface area contributed by atoms with Crippen LogP contribution >= 0.6 is 15.9 Å². The van der Waals surface area contributed by atoms with E-state index in [4.69, 9.17) is 0 Å². The third-order valence-electron chi connectivity index (χ3n) is 3.85. The minimum absolute atomic E-state index is 0.749. The van der Waals surface area contributed by atoms with Crippen molar-refractivity contribution in [3.8, 4) is 0 Å². The number of rotatable bonds is 1. The molecule has 1 unspecified atom stereocenters. The van der Waals surface area contributed by atoms with Gasteiger partial charge >= 0.3 is 0 Å². The molecule has 2 aliphatic rings. The van der Waals surface area contributed by atoms with Gasteiger partial charge in [-0.3, -0.25) is 4.90 Å². The van der Waals surface area contributed by atoms with Crippen LogP contribution in [0.4, 0.5) is 5.82 Å². The van der Waals surface area contributed by atoms with Crippen LogP contribution in [0.25, 0.3) is 0 Å². The Labute approximate surface area is 111 Å². The summed E-state index contributed by atoms with van der Waals surface area (Å²) in [5, 5.41) is 0. The number of aryl methyl sites for hydroxylation is 1. The molecule has 0 saturated carbocycles. The van der Waals surface area contributed by atoms with Gasteiger partial charge in [0.05, 0.1) is 4.47 Å². The maximum Gasteiger partial charge on any atom is 0.142 e. The Morgan fingerprint density at radius 3 is 3.06 bits per heavy atom. The van der Waals surface area contributed by atoms with Crippen LogP contribution in [0.3, 0.4) is 0 Å². The van der Waals surface area contributed by atoms with E-state index in [-0.39, 0.29) is 0 Å². The zero-order valence-electron chi connectivity index (χ0n) is 10.2. The summed E-state index contributed by atoms with van der Waals surface area (Å²) in [5.74, 6) is 1.11. The Hall–Kier alpha value is -0.610. The van der Waals surface area contributed by atoms with Crippen LogP contribution in [-0.4, -0.2) is 42.1 Å². The lowest BCUT2D eigenvalue weighted by Gasteiger charge is -2.38. The Bertz CT molecular complexity index is 421. The van der Waals surface area contributed by atoms with Crippen LogP contribution in [0.5, 0.6) is 0 Å². The average molecular weight is 296 g/mol. The smallest absolute Gasteiger partial charge is 0.142 e. The highest BCUT2D eigenvalue weighted by molar-refractivity contribution is 9.10. The lowest BCUT2D eigenvalue weighted by molar-refractivity contribution is 0.230. The van der Waals surface area contributed by atoms with Crippen LogP contribution < -0.4 is 4.90 Å². The van der Waals surface area contributed by atoms with Gasteiger partial charge in [0.25, 0.3) is 0 Å². The fraction of sp³-hybridized carbons (Fsp3) is 0.615. The second-order valence-corrected chi connectivity index (χ2v) is 5.95. The largest absolute Gasteiger partial charge is 0.353 e. The van der Waals surface area contributed by atoms with Gasteiger partial charge < -0.3 is 4.90 Å².